The fourth-order valence-electron chi connectivity index (χ4n) is 2.61. The summed E-state index contributed by atoms with van der Waals surface area (Å²) in [7, 11) is 1.65. The number of rotatable bonds is 3. The molecule has 4 rings (SSSR count). The quantitative estimate of drug-likeness (QED) is 0.532. The van der Waals surface area contributed by atoms with Crippen LogP contribution in [0.2, 0.25) is 0 Å². The maximum absolute atomic E-state index is 12.4. The Bertz CT molecular complexity index is 1120. The average molecular weight is 334 g/mol. The number of carbonyl (C=O) groups excluding carboxylic acids is 1. The fourth-order valence-corrected chi connectivity index (χ4v) is 2.61. The first-order chi connectivity index (χ1) is 12.1. The van der Waals surface area contributed by atoms with E-state index < -0.39 is 0 Å². The Morgan fingerprint density at radius 2 is 2.12 bits per heavy atom. The van der Waals surface area contributed by atoms with E-state index in [0.29, 0.717) is 22.4 Å². The van der Waals surface area contributed by atoms with E-state index in [9.17, 15) is 9.59 Å². The number of imidazole rings is 1. The van der Waals surface area contributed by atoms with Gasteiger partial charge in [-0.2, -0.15) is 5.10 Å². The van der Waals surface area contributed by atoms with Crippen LogP contribution in [-0.4, -0.2) is 30.6 Å². The Morgan fingerprint density at radius 3 is 2.92 bits per heavy atom. The van der Waals surface area contributed by atoms with Crippen molar-refractivity contribution < 1.29 is 4.79 Å². The Kier molecular flexibility index (Phi) is 3.42. The Morgan fingerprint density at radius 1 is 1.24 bits per heavy atom. The highest BCUT2D eigenvalue weighted by Gasteiger charge is 2.12. The molecule has 0 radical (unpaired) electrons. The zero-order valence-electron chi connectivity index (χ0n) is 13.3. The lowest BCUT2D eigenvalue weighted by Crippen LogP contribution is -2.13. The smallest absolute Gasteiger partial charge is 0.306 e. The molecule has 0 aliphatic carbocycles. The van der Waals surface area contributed by atoms with Crippen LogP contribution in [0.15, 0.2) is 53.6 Å². The Hall–Kier alpha value is -3.68. The molecule has 3 heterocycles. The number of fused-ring (bicyclic) bond motifs is 1. The molecule has 4 aromatic rings. The average Bonchev–Trinajstić information content (AvgIpc) is 3.21. The second-order valence-corrected chi connectivity index (χ2v) is 5.58. The summed E-state index contributed by atoms with van der Waals surface area (Å²) in [4.78, 5) is 30.9. The van der Waals surface area contributed by atoms with Gasteiger partial charge in [-0.25, -0.2) is 4.79 Å². The van der Waals surface area contributed by atoms with Gasteiger partial charge in [-0.05, 0) is 30.3 Å². The summed E-state index contributed by atoms with van der Waals surface area (Å²) in [5.74, 6) is 0.103. The van der Waals surface area contributed by atoms with Crippen LogP contribution in [0.1, 0.15) is 10.4 Å². The molecule has 0 atom stereocenters. The SMILES string of the molecule is Cn1c(=O)[nH]c2ccc(C(=O)Nc3cc(-c4cccnc4)[nH]n3)cc21. The molecule has 8 heteroatoms. The molecule has 0 saturated carbocycles. The minimum atomic E-state index is -0.306. The van der Waals surface area contributed by atoms with E-state index in [1.54, 1.807) is 43.7 Å². The van der Waals surface area contributed by atoms with Crippen molar-refractivity contribution in [2.24, 2.45) is 7.05 Å². The van der Waals surface area contributed by atoms with E-state index in [-0.39, 0.29) is 11.6 Å². The van der Waals surface area contributed by atoms with E-state index in [2.05, 4.69) is 25.5 Å². The molecule has 0 fully saturated rings. The first kappa shape index (κ1) is 14.9. The Balaban J connectivity index is 1.59. The van der Waals surface area contributed by atoms with Crippen molar-refractivity contribution in [3.63, 3.8) is 0 Å². The van der Waals surface area contributed by atoms with Gasteiger partial charge in [0.25, 0.3) is 5.91 Å². The predicted octanol–water partition coefficient (Wildman–Crippen LogP) is 1.90. The number of aryl methyl sites for hydroxylation is 1. The second-order valence-electron chi connectivity index (χ2n) is 5.58. The number of H-pyrrole nitrogens is 2. The molecule has 0 saturated heterocycles. The lowest BCUT2D eigenvalue weighted by molar-refractivity contribution is 0.102. The minimum absolute atomic E-state index is 0.221. The normalized spacial score (nSPS) is 10.9. The van der Waals surface area contributed by atoms with Gasteiger partial charge in [0.2, 0.25) is 0 Å². The van der Waals surface area contributed by atoms with Crippen molar-refractivity contribution in [3.8, 4) is 11.3 Å². The van der Waals surface area contributed by atoms with Gasteiger partial charge < -0.3 is 10.3 Å². The third kappa shape index (κ3) is 2.69. The molecular weight excluding hydrogens is 320 g/mol. The van der Waals surface area contributed by atoms with Crippen LogP contribution in [0, 0.1) is 0 Å². The first-order valence-corrected chi connectivity index (χ1v) is 7.58. The van der Waals surface area contributed by atoms with Crippen LogP contribution in [-0.2, 0) is 7.05 Å². The number of aromatic amines is 2. The molecule has 0 bridgehead atoms. The van der Waals surface area contributed by atoms with Crippen LogP contribution in [0.25, 0.3) is 22.3 Å². The molecule has 1 aromatic carbocycles. The number of nitrogens with zero attached hydrogens (tertiary/aromatic N) is 3. The molecule has 0 spiro atoms. The maximum atomic E-state index is 12.4. The second kappa shape index (κ2) is 5.75. The van der Waals surface area contributed by atoms with E-state index in [1.165, 1.54) is 4.57 Å². The number of benzene rings is 1. The van der Waals surface area contributed by atoms with Crippen LogP contribution in [0.4, 0.5) is 5.82 Å². The number of aromatic nitrogens is 5. The van der Waals surface area contributed by atoms with Crippen molar-refractivity contribution in [1.82, 2.24) is 24.7 Å². The van der Waals surface area contributed by atoms with Crippen LogP contribution in [0.3, 0.4) is 0 Å². The van der Waals surface area contributed by atoms with Crippen LogP contribution >= 0.6 is 0 Å². The van der Waals surface area contributed by atoms with Crippen molar-refractivity contribution in [2.75, 3.05) is 5.32 Å². The number of anilines is 1. The van der Waals surface area contributed by atoms with E-state index >= 15 is 0 Å². The number of amides is 1. The summed E-state index contributed by atoms with van der Waals surface area (Å²) in [5, 5.41) is 9.70. The van der Waals surface area contributed by atoms with Gasteiger partial charge >= 0.3 is 5.69 Å². The molecular formula is C17H14N6O2. The number of hydrogen-bond donors (Lipinski definition) is 3. The third-order valence-electron chi connectivity index (χ3n) is 3.96. The largest absolute Gasteiger partial charge is 0.326 e. The lowest BCUT2D eigenvalue weighted by Gasteiger charge is -2.02. The molecule has 8 nitrogen and oxygen atoms in total. The van der Waals surface area contributed by atoms with Crippen molar-refractivity contribution >= 4 is 22.8 Å². The third-order valence-corrected chi connectivity index (χ3v) is 3.96. The number of pyridine rings is 1. The maximum Gasteiger partial charge on any atom is 0.326 e. The molecule has 124 valence electrons. The number of nitrogens with one attached hydrogen (secondary N) is 3. The zero-order chi connectivity index (χ0) is 17.4. The Labute approximate surface area is 141 Å². The molecule has 3 N–H and O–H groups in total. The van der Waals surface area contributed by atoms with Gasteiger partial charge in [0.15, 0.2) is 5.82 Å². The molecule has 1 amide bonds. The zero-order valence-corrected chi connectivity index (χ0v) is 13.3. The highest BCUT2D eigenvalue weighted by molar-refractivity contribution is 6.05. The first-order valence-electron chi connectivity index (χ1n) is 7.58. The van der Waals surface area contributed by atoms with Crippen molar-refractivity contribution in [2.45, 2.75) is 0 Å². The van der Waals surface area contributed by atoms with Gasteiger partial charge in [-0.1, -0.05) is 0 Å². The van der Waals surface area contributed by atoms with Gasteiger partial charge in [-0.15, -0.1) is 0 Å². The van der Waals surface area contributed by atoms with Crippen LogP contribution < -0.4 is 11.0 Å². The minimum Gasteiger partial charge on any atom is -0.306 e. The topological polar surface area (TPSA) is 108 Å². The van der Waals surface area contributed by atoms with Crippen molar-refractivity contribution in [1.29, 1.82) is 0 Å². The monoisotopic (exact) mass is 334 g/mol. The van der Waals surface area contributed by atoms with Gasteiger partial charge in [0.05, 0.1) is 16.7 Å². The summed E-state index contributed by atoms with van der Waals surface area (Å²) < 4.78 is 1.46. The standard InChI is InChI=1S/C17H14N6O2/c1-23-14-7-10(4-5-12(14)19-17(23)25)16(24)20-15-8-13(21-22-15)11-3-2-6-18-9-11/h2-9H,1H3,(H,19,25)(H2,20,21,22,24). The van der Waals surface area contributed by atoms with E-state index in [4.69, 9.17) is 0 Å². The van der Waals surface area contributed by atoms with Gasteiger partial charge in [0.1, 0.15) is 0 Å². The van der Waals surface area contributed by atoms with Crippen molar-refractivity contribution in [3.05, 3.63) is 64.8 Å². The van der Waals surface area contributed by atoms with E-state index in [0.717, 1.165) is 11.3 Å². The summed E-state index contributed by atoms with van der Waals surface area (Å²) in [6.45, 7) is 0. The van der Waals surface area contributed by atoms with Gasteiger partial charge in [0, 0.05) is 36.6 Å². The highest BCUT2D eigenvalue weighted by Crippen LogP contribution is 2.19. The summed E-state index contributed by atoms with van der Waals surface area (Å²) in [6, 6.07) is 10.5. The summed E-state index contributed by atoms with van der Waals surface area (Å²) in [6.07, 6.45) is 3.40. The van der Waals surface area contributed by atoms with E-state index in [1.807, 2.05) is 12.1 Å². The molecule has 0 aliphatic rings. The van der Waals surface area contributed by atoms with Gasteiger partial charge in [-0.3, -0.25) is 19.4 Å². The molecule has 25 heavy (non-hydrogen) atoms. The number of hydrogen-bond acceptors (Lipinski definition) is 4. The van der Waals surface area contributed by atoms with Crippen LogP contribution in [0.5, 0.6) is 0 Å². The highest BCUT2D eigenvalue weighted by atomic mass is 16.2. The summed E-state index contributed by atoms with van der Waals surface area (Å²) >= 11 is 0. The number of carbonyl (C=O) groups is 1. The summed E-state index contributed by atoms with van der Waals surface area (Å²) in [5.41, 5.74) is 3.19. The predicted molar refractivity (Wildman–Crippen MR) is 93.3 cm³/mol. The molecule has 0 aliphatic heterocycles. The fraction of sp³-hybridized carbons (Fsp3) is 0.0588. The molecule has 0 unspecified atom stereocenters. The molecule has 3 aromatic heterocycles. The lowest BCUT2D eigenvalue weighted by atomic mass is 10.2.